The van der Waals surface area contributed by atoms with Gasteiger partial charge in [-0.2, -0.15) is 5.10 Å². The van der Waals surface area contributed by atoms with Gasteiger partial charge in [0.1, 0.15) is 11.5 Å². The average molecular weight is 445 g/mol. The number of nitrogens with one attached hydrogen (secondary N) is 1. The minimum atomic E-state index is 0.389. The maximum Gasteiger partial charge on any atom is 0.147 e. The largest absolute Gasteiger partial charge is 0.455 e. The zero-order valence-electron chi connectivity index (χ0n) is 12.1. The molecule has 2 aromatic carbocycles. The van der Waals surface area contributed by atoms with Gasteiger partial charge >= 0.3 is 0 Å². The molecule has 122 valence electrons. The van der Waals surface area contributed by atoms with Crippen LogP contribution < -0.4 is 5.43 Å². The molecule has 7 heteroatoms. The Labute approximate surface area is 162 Å². The normalized spacial score (nSPS) is 11.2. The summed E-state index contributed by atoms with van der Waals surface area (Å²) in [5.74, 6) is 1.35. The molecule has 0 aliphatic heterocycles. The Bertz CT molecular complexity index is 868. The Balaban J connectivity index is 1.73. The van der Waals surface area contributed by atoms with E-state index in [0.717, 1.165) is 15.8 Å². The summed E-state index contributed by atoms with van der Waals surface area (Å²) in [5.41, 5.74) is 4.26. The second-order valence-electron chi connectivity index (χ2n) is 4.82. The van der Waals surface area contributed by atoms with E-state index in [4.69, 9.17) is 39.2 Å². The smallest absolute Gasteiger partial charge is 0.147 e. The summed E-state index contributed by atoms with van der Waals surface area (Å²) in [7, 11) is 0. The molecule has 0 aliphatic carbocycles. The molecule has 1 N–H and O–H groups in total. The molecule has 24 heavy (non-hydrogen) atoms. The summed E-state index contributed by atoms with van der Waals surface area (Å²) < 4.78 is 6.75. The Morgan fingerprint density at radius 2 is 1.62 bits per heavy atom. The van der Waals surface area contributed by atoms with Crippen molar-refractivity contribution in [1.29, 1.82) is 0 Å². The van der Waals surface area contributed by atoms with Gasteiger partial charge in [-0.25, -0.2) is 0 Å². The minimum absolute atomic E-state index is 0.389. The zero-order valence-corrected chi connectivity index (χ0v) is 15.9. The SMILES string of the molecule is Clc1cc(Cl)c(NN=Cc2ccc(-c3ccc(Br)cc3)o2)c(Cl)c1. The van der Waals surface area contributed by atoms with Crippen molar-refractivity contribution in [3.63, 3.8) is 0 Å². The fourth-order valence-corrected chi connectivity index (χ4v) is 3.17. The van der Waals surface area contributed by atoms with E-state index < -0.39 is 0 Å². The number of nitrogens with zero attached hydrogens (tertiary/aromatic N) is 1. The van der Waals surface area contributed by atoms with Crippen LogP contribution in [0.15, 0.2) is 62.5 Å². The van der Waals surface area contributed by atoms with E-state index in [0.29, 0.717) is 26.5 Å². The number of furan rings is 1. The first-order valence-corrected chi connectivity index (χ1v) is 8.75. The van der Waals surface area contributed by atoms with Gasteiger partial charge in [0.2, 0.25) is 0 Å². The predicted octanol–water partition coefficient (Wildman–Crippen LogP) is 7.12. The number of rotatable bonds is 4. The second-order valence-corrected chi connectivity index (χ2v) is 6.99. The summed E-state index contributed by atoms with van der Waals surface area (Å²) in [5, 5.41) is 5.34. The first kappa shape index (κ1) is 17.4. The fraction of sp³-hybridized carbons (Fsp3) is 0. The summed E-state index contributed by atoms with van der Waals surface area (Å²) in [6.45, 7) is 0. The van der Waals surface area contributed by atoms with Crippen LogP contribution in [0.2, 0.25) is 15.1 Å². The number of anilines is 1. The molecular formula is C17H10BrCl3N2O. The number of benzene rings is 2. The number of hydrogen-bond donors (Lipinski definition) is 1. The molecule has 0 amide bonds. The van der Waals surface area contributed by atoms with Crippen molar-refractivity contribution in [3.8, 4) is 11.3 Å². The van der Waals surface area contributed by atoms with Crippen molar-refractivity contribution in [2.75, 3.05) is 5.43 Å². The molecule has 0 atom stereocenters. The van der Waals surface area contributed by atoms with Crippen LogP contribution in [-0.2, 0) is 0 Å². The molecule has 1 heterocycles. The van der Waals surface area contributed by atoms with Gasteiger partial charge in [-0.1, -0.05) is 62.9 Å². The molecule has 3 nitrogen and oxygen atoms in total. The topological polar surface area (TPSA) is 37.5 Å². The third-order valence-electron chi connectivity index (χ3n) is 3.13. The quantitative estimate of drug-likeness (QED) is 0.344. The summed E-state index contributed by atoms with van der Waals surface area (Å²) >= 11 is 21.4. The molecule has 3 rings (SSSR count). The summed E-state index contributed by atoms with van der Waals surface area (Å²) in [6.07, 6.45) is 1.55. The van der Waals surface area contributed by atoms with Crippen molar-refractivity contribution in [1.82, 2.24) is 0 Å². The van der Waals surface area contributed by atoms with Gasteiger partial charge in [-0.3, -0.25) is 5.43 Å². The lowest BCUT2D eigenvalue weighted by Gasteiger charge is -2.06. The lowest BCUT2D eigenvalue weighted by Crippen LogP contribution is -1.92. The van der Waals surface area contributed by atoms with Gasteiger partial charge < -0.3 is 4.42 Å². The maximum absolute atomic E-state index is 6.08. The van der Waals surface area contributed by atoms with Crippen molar-refractivity contribution in [3.05, 3.63) is 73.8 Å². The molecule has 3 aromatic rings. The number of halogens is 4. The molecule has 0 unspecified atom stereocenters. The van der Waals surface area contributed by atoms with Gasteiger partial charge in [-0.05, 0) is 36.4 Å². The first-order valence-electron chi connectivity index (χ1n) is 6.82. The number of hydrazone groups is 1. The Hall–Kier alpha value is -1.46. The van der Waals surface area contributed by atoms with Gasteiger partial charge in [0, 0.05) is 15.1 Å². The zero-order chi connectivity index (χ0) is 17.1. The first-order chi connectivity index (χ1) is 11.5. The molecule has 0 radical (unpaired) electrons. The standard InChI is InChI=1S/C17H10BrCl3N2O/c18-11-3-1-10(2-4-11)16-6-5-13(24-16)9-22-23-17-14(20)7-12(19)8-15(17)21/h1-9,23H. The van der Waals surface area contributed by atoms with Crippen LogP contribution in [0, 0.1) is 0 Å². The number of hydrogen-bond acceptors (Lipinski definition) is 3. The maximum atomic E-state index is 6.08. The van der Waals surface area contributed by atoms with Gasteiger partial charge in [0.05, 0.1) is 21.9 Å². The highest BCUT2D eigenvalue weighted by molar-refractivity contribution is 9.10. The van der Waals surface area contributed by atoms with E-state index in [-0.39, 0.29) is 0 Å². The highest BCUT2D eigenvalue weighted by Gasteiger charge is 2.07. The van der Waals surface area contributed by atoms with Crippen LogP contribution in [0.5, 0.6) is 0 Å². The van der Waals surface area contributed by atoms with E-state index in [1.807, 2.05) is 36.4 Å². The molecule has 0 saturated heterocycles. The minimum Gasteiger partial charge on any atom is -0.455 e. The van der Waals surface area contributed by atoms with Crippen molar-refractivity contribution in [2.24, 2.45) is 5.10 Å². The summed E-state index contributed by atoms with van der Waals surface area (Å²) in [6, 6.07) is 14.7. The highest BCUT2D eigenvalue weighted by atomic mass is 79.9. The van der Waals surface area contributed by atoms with E-state index in [1.165, 1.54) is 0 Å². The summed E-state index contributed by atoms with van der Waals surface area (Å²) in [4.78, 5) is 0. The van der Waals surface area contributed by atoms with Gasteiger partial charge in [-0.15, -0.1) is 0 Å². The molecule has 0 bridgehead atoms. The van der Waals surface area contributed by atoms with Crippen molar-refractivity contribution >= 4 is 62.6 Å². The van der Waals surface area contributed by atoms with Crippen LogP contribution >= 0.6 is 50.7 Å². The monoisotopic (exact) mass is 442 g/mol. The molecule has 0 saturated carbocycles. The Kier molecular flexibility index (Phi) is 5.51. The van der Waals surface area contributed by atoms with E-state index in [1.54, 1.807) is 18.3 Å². The fourth-order valence-electron chi connectivity index (χ4n) is 2.00. The van der Waals surface area contributed by atoms with Crippen LogP contribution in [0.4, 0.5) is 5.69 Å². The van der Waals surface area contributed by atoms with Crippen LogP contribution in [0.3, 0.4) is 0 Å². The van der Waals surface area contributed by atoms with Crippen molar-refractivity contribution in [2.45, 2.75) is 0 Å². The Morgan fingerprint density at radius 1 is 0.958 bits per heavy atom. The molecular weight excluding hydrogens is 434 g/mol. The molecule has 0 fully saturated rings. The third kappa shape index (κ3) is 4.14. The molecule has 0 spiro atoms. The average Bonchev–Trinajstić information content (AvgIpc) is 2.99. The predicted molar refractivity (Wildman–Crippen MR) is 105 cm³/mol. The highest BCUT2D eigenvalue weighted by Crippen LogP contribution is 2.33. The molecule has 0 aliphatic rings. The lowest BCUT2D eigenvalue weighted by molar-refractivity contribution is 0.575. The van der Waals surface area contributed by atoms with Gasteiger partial charge in [0.25, 0.3) is 0 Å². The van der Waals surface area contributed by atoms with E-state index >= 15 is 0 Å². The molecule has 1 aromatic heterocycles. The van der Waals surface area contributed by atoms with E-state index in [9.17, 15) is 0 Å². The Morgan fingerprint density at radius 3 is 2.29 bits per heavy atom. The van der Waals surface area contributed by atoms with Crippen LogP contribution in [0.1, 0.15) is 5.76 Å². The lowest BCUT2D eigenvalue weighted by atomic mass is 10.2. The van der Waals surface area contributed by atoms with Gasteiger partial charge in [0.15, 0.2) is 0 Å². The van der Waals surface area contributed by atoms with Crippen LogP contribution in [-0.4, -0.2) is 6.21 Å². The third-order valence-corrected chi connectivity index (χ3v) is 4.47. The second kappa shape index (κ2) is 7.62. The van der Waals surface area contributed by atoms with E-state index in [2.05, 4.69) is 26.5 Å². The van der Waals surface area contributed by atoms with Crippen LogP contribution in [0.25, 0.3) is 11.3 Å². The van der Waals surface area contributed by atoms with Crippen molar-refractivity contribution < 1.29 is 4.42 Å².